The molecule has 0 aromatic carbocycles. The van der Waals surface area contributed by atoms with Gasteiger partial charge in [-0.15, -0.1) is 5.10 Å². The van der Waals surface area contributed by atoms with Crippen LogP contribution in [0.25, 0.3) is 16.9 Å². The average Bonchev–Trinajstić information content (AvgIpc) is 3.32. The Balaban J connectivity index is 1.62. The number of fused-ring (bicyclic) bond motifs is 1. The molecule has 30 heavy (non-hydrogen) atoms. The molecule has 1 unspecified atom stereocenters. The fourth-order valence-corrected chi connectivity index (χ4v) is 4.56. The van der Waals surface area contributed by atoms with Gasteiger partial charge in [0, 0.05) is 30.9 Å². The number of nitrogens with one attached hydrogen (secondary N) is 2. The summed E-state index contributed by atoms with van der Waals surface area (Å²) >= 11 is 0. The van der Waals surface area contributed by atoms with Crippen LogP contribution >= 0.6 is 0 Å². The first kappa shape index (κ1) is 20.5. The van der Waals surface area contributed by atoms with E-state index in [-0.39, 0.29) is 18.1 Å². The van der Waals surface area contributed by atoms with E-state index in [1.165, 1.54) is 10.6 Å². The molecule has 4 rings (SSSR count). The number of rotatable bonds is 6. The van der Waals surface area contributed by atoms with E-state index < -0.39 is 10.0 Å². The zero-order valence-corrected chi connectivity index (χ0v) is 18.2. The lowest BCUT2D eigenvalue weighted by Crippen LogP contribution is -2.47. The van der Waals surface area contributed by atoms with Crippen molar-refractivity contribution in [2.45, 2.75) is 39.3 Å². The van der Waals surface area contributed by atoms with Crippen LogP contribution < -0.4 is 10.1 Å². The number of H-pyrrole nitrogens is 1. The van der Waals surface area contributed by atoms with Crippen molar-refractivity contribution in [3.05, 3.63) is 18.7 Å². The molecular weight excluding hydrogens is 408 g/mol. The van der Waals surface area contributed by atoms with Crippen LogP contribution in [0.1, 0.15) is 27.2 Å². The zero-order chi connectivity index (χ0) is 21.5. The number of hydrogen-bond acceptors (Lipinski definition) is 8. The van der Waals surface area contributed by atoms with Crippen LogP contribution in [0.2, 0.25) is 0 Å². The number of hydrogen-bond donors (Lipinski definition) is 2. The maximum atomic E-state index is 11.8. The van der Waals surface area contributed by atoms with Crippen LogP contribution in [0.3, 0.4) is 0 Å². The van der Waals surface area contributed by atoms with E-state index in [1.807, 2.05) is 20.8 Å². The summed E-state index contributed by atoms with van der Waals surface area (Å²) in [5.41, 5.74) is 1.99. The third-order valence-corrected chi connectivity index (χ3v) is 6.39. The van der Waals surface area contributed by atoms with Crippen LogP contribution in [-0.4, -0.2) is 74.0 Å². The highest BCUT2D eigenvalue weighted by atomic mass is 32.2. The maximum Gasteiger partial charge on any atom is 0.243 e. The SMILES string of the molecule is CC(C)Oc1c(-c2cn[nH]c2)ncn2nc(N[C@H]3CCN(S(C)(=O)=O)CC3C)nc12. The Morgan fingerprint density at radius 3 is 2.80 bits per heavy atom. The van der Waals surface area contributed by atoms with Crippen molar-refractivity contribution in [1.82, 2.24) is 34.1 Å². The van der Waals surface area contributed by atoms with E-state index in [2.05, 4.69) is 30.6 Å². The van der Waals surface area contributed by atoms with E-state index in [0.29, 0.717) is 42.5 Å². The van der Waals surface area contributed by atoms with Crippen LogP contribution in [0.5, 0.6) is 5.75 Å². The van der Waals surface area contributed by atoms with Crippen molar-refractivity contribution in [3.63, 3.8) is 0 Å². The largest absolute Gasteiger partial charge is 0.485 e. The van der Waals surface area contributed by atoms with E-state index in [0.717, 1.165) is 5.56 Å². The first-order valence-electron chi connectivity index (χ1n) is 9.85. The second-order valence-corrected chi connectivity index (χ2v) is 9.90. The molecular formula is C18H26N8O3S. The number of nitrogens with zero attached hydrogens (tertiary/aromatic N) is 6. The third kappa shape index (κ3) is 4.10. The second kappa shape index (κ2) is 7.84. The van der Waals surface area contributed by atoms with Crippen LogP contribution in [0.15, 0.2) is 18.7 Å². The van der Waals surface area contributed by atoms with Gasteiger partial charge in [-0.1, -0.05) is 6.92 Å². The molecule has 11 nitrogen and oxygen atoms in total. The van der Waals surface area contributed by atoms with Gasteiger partial charge in [-0.2, -0.15) is 14.6 Å². The molecule has 0 amide bonds. The number of anilines is 1. The maximum absolute atomic E-state index is 11.8. The molecule has 4 heterocycles. The minimum atomic E-state index is -3.18. The van der Waals surface area contributed by atoms with Crippen LogP contribution in [-0.2, 0) is 10.0 Å². The number of aromatic nitrogens is 6. The van der Waals surface area contributed by atoms with Crippen LogP contribution in [0.4, 0.5) is 5.95 Å². The smallest absolute Gasteiger partial charge is 0.243 e. The highest BCUT2D eigenvalue weighted by Crippen LogP contribution is 2.32. The van der Waals surface area contributed by atoms with E-state index >= 15 is 0 Å². The molecule has 1 aliphatic rings. The molecule has 12 heteroatoms. The highest BCUT2D eigenvalue weighted by Gasteiger charge is 2.31. The molecule has 0 bridgehead atoms. The Hall–Kier alpha value is -2.73. The van der Waals surface area contributed by atoms with Crippen LogP contribution in [0, 0.1) is 5.92 Å². The normalized spacial score (nSPS) is 20.7. The summed E-state index contributed by atoms with van der Waals surface area (Å²) in [7, 11) is -3.18. The summed E-state index contributed by atoms with van der Waals surface area (Å²) in [6.45, 7) is 6.85. The first-order chi connectivity index (χ1) is 14.2. The molecule has 0 aliphatic carbocycles. The molecule has 2 N–H and O–H groups in total. The van der Waals surface area contributed by atoms with Crippen molar-refractivity contribution in [2.75, 3.05) is 24.7 Å². The lowest BCUT2D eigenvalue weighted by molar-refractivity contribution is 0.244. The minimum absolute atomic E-state index is 0.0659. The zero-order valence-electron chi connectivity index (χ0n) is 17.4. The second-order valence-electron chi connectivity index (χ2n) is 7.92. The lowest BCUT2D eigenvalue weighted by atomic mass is 9.95. The number of piperidine rings is 1. The first-order valence-corrected chi connectivity index (χ1v) is 11.7. The quantitative estimate of drug-likeness (QED) is 0.595. The Morgan fingerprint density at radius 1 is 1.37 bits per heavy atom. The Bertz CT molecular complexity index is 1130. The van der Waals surface area contributed by atoms with Gasteiger partial charge in [0.15, 0.2) is 5.75 Å². The minimum Gasteiger partial charge on any atom is -0.485 e. The van der Waals surface area contributed by atoms with Gasteiger partial charge in [0.05, 0.1) is 18.6 Å². The molecule has 162 valence electrons. The van der Waals surface area contributed by atoms with Gasteiger partial charge in [-0.05, 0) is 26.2 Å². The summed E-state index contributed by atoms with van der Waals surface area (Å²) in [4.78, 5) is 9.13. The summed E-state index contributed by atoms with van der Waals surface area (Å²) in [5, 5.41) is 14.6. The monoisotopic (exact) mass is 434 g/mol. The van der Waals surface area contributed by atoms with E-state index in [9.17, 15) is 8.42 Å². The van der Waals surface area contributed by atoms with Gasteiger partial charge in [0.1, 0.15) is 12.0 Å². The topological polar surface area (TPSA) is 130 Å². The third-order valence-electron chi connectivity index (χ3n) is 5.12. The van der Waals surface area contributed by atoms with Gasteiger partial charge in [0.25, 0.3) is 0 Å². The molecule has 1 fully saturated rings. The molecule has 0 spiro atoms. The van der Waals surface area contributed by atoms with E-state index in [4.69, 9.17) is 4.74 Å². The van der Waals surface area contributed by atoms with Crippen molar-refractivity contribution < 1.29 is 13.2 Å². The van der Waals surface area contributed by atoms with Gasteiger partial charge in [0.2, 0.25) is 21.6 Å². The molecule has 2 atom stereocenters. The van der Waals surface area contributed by atoms with Gasteiger partial charge in [-0.3, -0.25) is 5.10 Å². The fourth-order valence-electron chi connectivity index (χ4n) is 3.62. The summed E-state index contributed by atoms with van der Waals surface area (Å²) < 4.78 is 32.8. The standard InChI is InChI=1S/C18H26N8O3S/c1-11(2)29-16-15(13-7-20-21-8-13)19-10-26-17(16)23-18(24-26)22-14-5-6-25(9-12(14)3)30(4,27)28/h7-8,10-12,14H,5-6,9H2,1-4H3,(H,20,21)(H,22,24)/t12?,14-/m0/s1. The Labute approximate surface area is 174 Å². The molecule has 3 aromatic rings. The van der Waals surface area contributed by atoms with Gasteiger partial charge in [-0.25, -0.2) is 17.7 Å². The molecule has 1 saturated heterocycles. The van der Waals surface area contributed by atoms with Gasteiger partial charge >= 0.3 is 0 Å². The molecule has 0 saturated carbocycles. The van der Waals surface area contributed by atoms with E-state index in [1.54, 1.807) is 23.2 Å². The number of ether oxygens (including phenoxy) is 1. The average molecular weight is 435 g/mol. The Kier molecular flexibility index (Phi) is 5.36. The van der Waals surface area contributed by atoms with Crippen molar-refractivity contribution in [1.29, 1.82) is 0 Å². The number of sulfonamides is 1. The molecule has 0 radical (unpaired) electrons. The molecule has 1 aliphatic heterocycles. The lowest BCUT2D eigenvalue weighted by Gasteiger charge is -2.35. The number of aromatic amines is 1. The molecule has 3 aromatic heterocycles. The summed E-state index contributed by atoms with van der Waals surface area (Å²) in [5.74, 6) is 1.11. The van der Waals surface area contributed by atoms with Crippen molar-refractivity contribution in [3.8, 4) is 17.0 Å². The predicted molar refractivity (Wildman–Crippen MR) is 112 cm³/mol. The Morgan fingerprint density at radius 2 is 2.17 bits per heavy atom. The summed E-state index contributed by atoms with van der Waals surface area (Å²) in [6.07, 6.45) is 6.88. The fraction of sp³-hybridized carbons (Fsp3) is 0.556. The van der Waals surface area contributed by atoms with Crippen molar-refractivity contribution >= 4 is 21.6 Å². The summed E-state index contributed by atoms with van der Waals surface area (Å²) in [6, 6.07) is 0.0659. The van der Waals surface area contributed by atoms with Gasteiger partial charge < -0.3 is 10.1 Å². The highest BCUT2D eigenvalue weighted by molar-refractivity contribution is 7.88. The predicted octanol–water partition coefficient (Wildman–Crippen LogP) is 1.38. The van der Waals surface area contributed by atoms with Crippen molar-refractivity contribution in [2.24, 2.45) is 5.92 Å².